The first kappa shape index (κ1) is 34.7. The summed E-state index contributed by atoms with van der Waals surface area (Å²) in [5.41, 5.74) is 18.5. The molecule has 0 saturated carbocycles. The fourth-order valence-corrected chi connectivity index (χ4v) is 10.3. The van der Waals surface area contributed by atoms with Crippen LogP contribution in [0, 0.1) is 0 Å². The number of fused-ring (bicyclic) bond motifs is 8. The predicted molar refractivity (Wildman–Crippen MR) is 253 cm³/mol. The molecule has 0 radical (unpaired) electrons. The van der Waals surface area contributed by atoms with Gasteiger partial charge in [-0.2, -0.15) is 0 Å². The van der Waals surface area contributed by atoms with Gasteiger partial charge in [0.15, 0.2) is 0 Å². The van der Waals surface area contributed by atoms with E-state index in [-0.39, 0.29) is 5.41 Å². The molecule has 9 aromatic carbocycles. The Hall–Kier alpha value is -7.36. The Morgan fingerprint density at radius 1 is 0.467 bits per heavy atom. The van der Waals surface area contributed by atoms with Crippen LogP contribution in [0.25, 0.3) is 60.5 Å². The number of hydrogen-bond acceptors (Lipinski definition) is 2. The van der Waals surface area contributed by atoms with E-state index in [2.05, 4.69) is 228 Å². The highest BCUT2D eigenvalue weighted by atomic mass is 15.2. The molecule has 286 valence electrons. The van der Waals surface area contributed by atoms with Crippen molar-refractivity contribution in [1.29, 1.82) is 0 Å². The first-order valence-electron chi connectivity index (χ1n) is 21.1. The van der Waals surface area contributed by atoms with Gasteiger partial charge in [0.25, 0.3) is 0 Å². The molecular weight excluding hydrogens is 727 g/mol. The quantitative estimate of drug-likeness (QED) is 0.167. The summed E-state index contributed by atoms with van der Waals surface area (Å²) in [5.74, 6) is 0. The van der Waals surface area contributed by atoms with Crippen molar-refractivity contribution in [2.45, 2.75) is 25.7 Å². The van der Waals surface area contributed by atoms with Crippen LogP contribution < -0.4 is 9.80 Å². The Bertz CT molecular complexity index is 3260. The van der Waals surface area contributed by atoms with E-state index < -0.39 is 0 Å². The molecule has 0 N–H and O–H groups in total. The Morgan fingerprint density at radius 3 is 1.97 bits per heavy atom. The second kappa shape index (κ2) is 13.3. The van der Waals surface area contributed by atoms with Crippen molar-refractivity contribution in [3.63, 3.8) is 0 Å². The largest absolute Gasteiger partial charge is 0.341 e. The number of nitrogens with zero attached hydrogens (tertiary/aromatic N) is 3. The van der Waals surface area contributed by atoms with E-state index in [1.165, 1.54) is 82.9 Å². The molecule has 0 amide bonds. The fourth-order valence-electron chi connectivity index (χ4n) is 10.3. The second-order valence-corrected chi connectivity index (χ2v) is 16.9. The smallest absolute Gasteiger partial charge is 0.0541 e. The third-order valence-electron chi connectivity index (χ3n) is 13.2. The van der Waals surface area contributed by atoms with E-state index in [4.69, 9.17) is 0 Å². The molecular formula is C57H43N3. The number of rotatable bonds is 6. The van der Waals surface area contributed by atoms with Crippen LogP contribution in [0.1, 0.15) is 30.5 Å². The maximum Gasteiger partial charge on any atom is 0.0541 e. The van der Waals surface area contributed by atoms with Gasteiger partial charge in [-0.1, -0.05) is 141 Å². The summed E-state index contributed by atoms with van der Waals surface area (Å²) in [5, 5.41) is 4.96. The van der Waals surface area contributed by atoms with Crippen molar-refractivity contribution in [2.24, 2.45) is 0 Å². The van der Waals surface area contributed by atoms with Gasteiger partial charge in [-0.15, -0.1) is 0 Å². The molecule has 3 heteroatoms. The Balaban J connectivity index is 1.11. The second-order valence-electron chi connectivity index (χ2n) is 16.9. The summed E-state index contributed by atoms with van der Waals surface area (Å²) in [7, 11) is 0. The Morgan fingerprint density at radius 2 is 1.15 bits per heavy atom. The molecule has 2 heterocycles. The number of hydrogen-bond donors (Lipinski definition) is 0. The zero-order valence-corrected chi connectivity index (χ0v) is 33.8. The molecule has 0 unspecified atom stereocenters. The van der Waals surface area contributed by atoms with Crippen LogP contribution in [0.15, 0.2) is 200 Å². The molecule has 1 aliphatic heterocycles. The first-order chi connectivity index (χ1) is 29.5. The number of benzene rings is 9. The van der Waals surface area contributed by atoms with E-state index in [1.54, 1.807) is 0 Å². The van der Waals surface area contributed by atoms with Crippen molar-refractivity contribution in [3.05, 3.63) is 217 Å². The van der Waals surface area contributed by atoms with E-state index >= 15 is 0 Å². The highest BCUT2D eigenvalue weighted by Crippen LogP contribution is 2.55. The molecule has 0 fully saturated rings. The summed E-state index contributed by atoms with van der Waals surface area (Å²) < 4.78 is 2.42. The normalized spacial score (nSPS) is 13.8. The van der Waals surface area contributed by atoms with Crippen LogP contribution in [-0.4, -0.2) is 11.1 Å². The molecule has 0 bridgehead atoms. The lowest BCUT2D eigenvalue weighted by molar-refractivity contribution is 0.660. The Kier molecular flexibility index (Phi) is 7.71. The van der Waals surface area contributed by atoms with Crippen LogP contribution in [-0.2, 0) is 11.8 Å². The maximum absolute atomic E-state index is 2.49. The number of aromatic nitrogens is 1. The summed E-state index contributed by atoms with van der Waals surface area (Å²) in [6.45, 7) is 5.78. The fraction of sp³-hybridized carbons (Fsp3) is 0.0877. The van der Waals surface area contributed by atoms with Gasteiger partial charge < -0.3 is 14.4 Å². The van der Waals surface area contributed by atoms with E-state index in [0.29, 0.717) is 0 Å². The minimum Gasteiger partial charge on any atom is -0.341 e. The van der Waals surface area contributed by atoms with Crippen LogP contribution in [0.2, 0.25) is 0 Å². The molecule has 0 saturated heterocycles. The minimum absolute atomic E-state index is 0.205. The van der Waals surface area contributed by atoms with E-state index in [0.717, 1.165) is 35.7 Å². The predicted octanol–water partition coefficient (Wildman–Crippen LogP) is 15.1. The van der Waals surface area contributed by atoms with Crippen LogP contribution >= 0.6 is 0 Å². The lowest BCUT2D eigenvalue weighted by atomic mass is 9.81. The van der Waals surface area contributed by atoms with Gasteiger partial charge in [-0.3, -0.25) is 0 Å². The van der Waals surface area contributed by atoms with Crippen molar-refractivity contribution in [2.75, 3.05) is 16.3 Å². The third kappa shape index (κ3) is 5.29. The standard InChI is InChI=1S/C57H43N3/c1-57(2)51-24-11-8-23-49(51)56-50(41-28-27-39-31-32-58(55(39)34-41)42-17-4-3-5-18-42)36-46(37-52(56)57)59(45-30-29-38-15-6-7-16-40(38)33-45)43-19-14-20-44(35-43)60-53-25-12-9-21-47(53)48-22-10-13-26-54(48)60/h3-30,33-37H,31-32H2,1-2H3. The van der Waals surface area contributed by atoms with Crippen LogP contribution in [0.3, 0.4) is 0 Å². The number of para-hydroxylation sites is 3. The molecule has 0 spiro atoms. The summed E-state index contributed by atoms with van der Waals surface area (Å²) in [4.78, 5) is 4.97. The molecule has 0 atom stereocenters. The maximum atomic E-state index is 2.49. The van der Waals surface area contributed by atoms with Crippen LogP contribution in [0.4, 0.5) is 28.4 Å². The van der Waals surface area contributed by atoms with Crippen molar-refractivity contribution in [3.8, 4) is 27.9 Å². The average molecular weight is 770 g/mol. The van der Waals surface area contributed by atoms with Gasteiger partial charge in [-0.25, -0.2) is 0 Å². The van der Waals surface area contributed by atoms with Crippen molar-refractivity contribution in [1.82, 2.24) is 4.57 Å². The Labute approximate surface area is 351 Å². The summed E-state index contributed by atoms with van der Waals surface area (Å²) >= 11 is 0. The molecule has 3 nitrogen and oxygen atoms in total. The zero-order chi connectivity index (χ0) is 40.0. The van der Waals surface area contributed by atoms with E-state index in [1.807, 2.05) is 0 Å². The molecule has 60 heavy (non-hydrogen) atoms. The van der Waals surface area contributed by atoms with Crippen LogP contribution in [0.5, 0.6) is 0 Å². The van der Waals surface area contributed by atoms with E-state index in [9.17, 15) is 0 Å². The molecule has 1 aliphatic carbocycles. The van der Waals surface area contributed by atoms with Crippen molar-refractivity contribution >= 4 is 61.0 Å². The zero-order valence-electron chi connectivity index (χ0n) is 33.8. The molecule has 2 aliphatic rings. The highest BCUT2D eigenvalue weighted by Gasteiger charge is 2.38. The topological polar surface area (TPSA) is 11.4 Å². The molecule has 10 aromatic rings. The lowest BCUT2D eigenvalue weighted by Crippen LogP contribution is -2.17. The van der Waals surface area contributed by atoms with Gasteiger partial charge in [0, 0.05) is 56.9 Å². The summed E-state index contributed by atoms with van der Waals surface area (Å²) in [6.07, 6.45) is 1.04. The third-order valence-corrected chi connectivity index (χ3v) is 13.2. The van der Waals surface area contributed by atoms with Gasteiger partial charge in [0.05, 0.1) is 11.0 Å². The SMILES string of the molecule is CC1(C)c2ccccc2-c2c(-c3ccc4c(c3)N(c3ccccc3)CC4)cc(N(c3cccc(-n4c5ccccc5c5ccccc54)c3)c3ccc4ccccc4c3)cc21. The molecule has 12 rings (SSSR count). The van der Waals surface area contributed by atoms with Crippen molar-refractivity contribution < 1.29 is 0 Å². The monoisotopic (exact) mass is 769 g/mol. The lowest BCUT2D eigenvalue weighted by Gasteiger charge is -2.30. The van der Waals surface area contributed by atoms with Gasteiger partial charge in [0.1, 0.15) is 0 Å². The molecule has 1 aromatic heterocycles. The van der Waals surface area contributed by atoms with Gasteiger partial charge in [-0.05, 0) is 129 Å². The van der Waals surface area contributed by atoms with Gasteiger partial charge in [0.2, 0.25) is 0 Å². The number of anilines is 5. The van der Waals surface area contributed by atoms with Gasteiger partial charge >= 0.3 is 0 Å². The first-order valence-corrected chi connectivity index (χ1v) is 21.1. The average Bonchev–Trinajstić information content (AvgIpc) is 3.95. The summed E-state index contributed by atoms with van der Waals surface area (Å²) in [6, 6.07) is 74.2. The highest BCUT2D eigenvalue weighted by molar-refractivity contribution is 6.09. The minimum atomic E-state index is -0.205.